The Bertz CT molecular complexity index is 888. The van der Waals surface area contributed by atoms with E-state index < -0.39 is 22.7 Å². The molecule has 0 aliphatic heterocycles. The van der Waals surface area contributed by atoms with Gasteiger partial charge in [0.1, 0.15) is 5.75 Å². The average molecular weight is 418 g/mol. The van der Waals surface area contributed by atoms with Crippen LogP contribution in [0.25, 0.3) is 11.4 Å². The first-order chi connectivity index (χ1) is 13.7. The summed E-state index contributed by atoms with van der Waals surface area (Å²) in [7, 11) is 1.59. The number of urea groups is 1. The molecule has 1 aromatic heterocycles. The number of aromatic nitrogens is 3. The summed E-state index contributed by atoms with van der Waals surface area (Å²) in [5.41, 5.74) is 0.354. The summed E-state index contributed by atoms with van der Waals surface area (Å²) in [6.45, 7) is 11.5. The second-order valence-electron chi connectivity index (χ2n) is 7.36. The summed E-state index contributed by atoms with van der Waals surface area (Å²) in [6, 6.07) is 6.98. The Morgan fingerprint density at radius 1 is 1.31 bits per heavy atom. The number of ether oxygens (including phenoxy) is 1. The predicted octanol–water partition coefficient (Wildman–Crippen LogP) is 3.24. The van der Waals surface area contributed by atoms with Crippen molar-refractivity contribution in [3.63, 3.8) is 0 Å². The molecule has 0 unspecified atom stereocenters. The summed E-state index contributed by atoms with van der Waals surface area (Å²) < 4.78 is 7.28. The first kappa shape index (κ1) is 22.5. The Labute approximate surface area is 175 Å². The highest BCUT2D eigenvalue weighted by Crippen LogP contribution is 2.32. The normalized spacial score (nSPS) is 12.2. The minimum atomic E-state index is -0.556. The van der Waals surface area contributed by atoms with Crippen molar-refractivity contribution in [3.8, 4) is 17.1 Å². The van der Waals surface area contributed by atoms with Gasteiger partial charge in [0.05, 0.1) is 17.9 Å². The van der Waals surface area contributed by atoms with Crippen LogP contribution in [0.5, 0.6) is 5.75 Å². The average Bonchev–Trinajstić information content (AvgIpc) is 3.02. The van der Waals surface area contributed by atoms with Crippen LogP contribution >= 0.6 is 11.8 Å². The molecule has 29 heavy (non-hydrogen) atoms. The quantitative estimate of drug-likeness (QED) is 0.530. The molecule has 1 heterocycles. The molecule has 0 fully saturated rings. The first-order valence-electron chi connectivity index (χ1n) is 9.13. The molecular weight excluding hydrogens is 390 g/mol. The number of carbonyl (C=O) groups is 2. The maximum atomic E-state index is 12.4. The Kier molecular flexibility index (Phi) is 7.44. The van der Waals surface area contributed by atoms with Crippen molar-refractivity contribution < 1.29 is 14.3 Å². The number of nitrogens with zero attached hydrogens (tertiary/aromatic N) is 3. The Morgan fingerprint density at radius 2 is 2.00 bits per heavy atom. The van der Waals surface area contributed by atoms with E-state index in [1.54, 1.807) is 20.1 Å². The van der Waals surface area contributed by atoms with Gasteiger partial charge in [0.15, 0.2) is 11.0 Å². The molecule has 0 aliphatic carbocycles. The summed E-state index contributed by atoms with van der Waals surface area (Å²) in [5, 5.41) is 13.6. The van der Waals surface area contributed by atoms with Gasteiger partial charge in [0, 0.05) is 12.1 Å². The minimum Gasteiger partial charge on any atom is -0.496 e. The number of para-hydroxylation sites is 1. The number of hydrogen-bond donors (Lipinski definition) is 2. The Morgan fingerprint density at radius 3 is 2.62 bits per heavy atom. The van der Waals surface area contributed by atoms with E-state index in [0.717, 1.165) is 5.56 Å². The molecule has 9 heteroatoms. The lowest BCUT2D eigenvalue weighted by Gasteiger charge is -2.21. The first-order valence-corrected chi connectivity index (χ1v) is 10.0. The largest absolute Gasteiger partial charge is 0.496 e. The zero-order valence-electron chi connectivity index (χ0n) is 17.4. The van der Waals surface area contributed by atoms with Crippen LogP contribution in [0.2, 0.25) is 0 Å². The molecule has 0 spiro atoms. The van der Waals surface area contributed by atoms with Gasteiger partial charge < -0.3 is 10.1 Å². The third kappa shape index (κ3) is 6.08. The Hall–Kier alpha value is -2.81. The molecule has 156 valence electrons. The monoisotopic (exact) mass is 417 g/mol. The van der Waals surface area contributed by atoms with E-state index in [9.17, 15) is 9.59 Å². The van der Waals surface area contributed by atoms with Crippen molar-refractivity contribution in [3.05, 3.63) is 36.9 Å². The number of hydrogen-bond acceptors (Lipinski definition) is 6. The van der Waals surface area contributed by atoms with Gasteiger partial charge in [-0.2, -0.15) is 0 Å². The molecule has 2 N–H and O–H groups in total. The molecule has 0 saturated carbocycles. The molecular formula is C20H27N5O3S. The van der Waals surface area contributed by atoms with Crippen LogP contribution in [-0.4, -0.2) is 44.6 Å². The lowest BCUT2D eigenvalue weighted by Crippen LogP contribution is -2.49. The molecule has 0 saturated heterocycles. The SMILES string of the molecule is C=CCn1c(S[C@@H](C)C(=O)NC(=O)NC(C)(C)C)nnc1-c1ccccc1OC. The highest BCUT2D eigenvalue weighted by molar-refractivity contribution is 8.00. The van der Waals surface area contributed by atoms with Crippen LogP contribution in [0.15, 0.2) is 42.1 Å². The van der Waals surface area contributed by atoms with Gasteiger partial charge in [0.2, 0.25) is 5.91 Å². The number of methoxy groups -OCH3 is 1. The molecule has 1 atom stereocenters. The van der Waals surface area contributed by atoms with Gasteiger partial charge >= 0.3 is 6.03 Å². The number of thioether (sulfide) groups is 1. The van der Waals surface area contributed by atoms with Crippen LogP contribution in [0.4, 0.5) is 4.79 Å². The van der Waals surface area contributed by atoms with E-state index in [2.05, 4.69) is 27.4 Å². The molecule has 1 aromatic carbocycles. The molecule has 0 radical (unpaired) electrons. The predicted molar refractivity (Wildman–Crippen MR) is 114 cm³/mol. The number of benzene rings is 1. The van der Waals surface area contributed by atoms with Gasteiger partial charge in [-0.25, -0.2) is 4.79 Å². The van der Waals surface area contributed by atoms with Crippen molar-refractivity contribution in [2.75, 3.05) is 7.11 Å². The van der Waals surface area contributed by atoms with Crippen molar-refractivity contribution in [2.45, 2.75) is 50.2 Å². The topological polar surface area (TPSA) is 98.1 Å². The third-order valence-electron chi connectivity index (χ3n) is 3.75. The second kappa shape index (κ2) is 9.60. The number of nitrogens with one attached hydrogen (secondary N) is 2. The Balaban J connectivity index is 2.20. The molecule has 0 bridgehead atoms. The van der Waals surface area contributed by atoms with E-state index in [-0.39, 0.29) is 0 Å². The van der Waals surface area contributed by atoms with Crippen LogP contribution in [0, 0.1) is 0 Å². The zero-order chi connectivity index (χ0) is 21.6. The maximum Gasteiger partial charge on any atom is 0.321 e. The molecule has 2 aromatic rings. The van der Waals surface area contributed by atoms with E-state index in [0.29, 0.717) is 23.3 Å². The van der Waals surface area contributed by atoms with Crippen molar-refractivity contribution in [1.82, 2.24) is 25.4 Å². The minimum absolute atomic E-state index is 0.413. The van der Waals surface area contributed by atoms with Crippen LogP contribution in [0.1, 0.15) is 27.7 Å². The second-order valence-corrected chi connectivity index (χ2v) is 8.67. The number of rotatable bonds is 7. The van der Waals surface area contributed by atoms with E-state index in [4.69, 9.17) is 4.74 Å². The lowest BCUT2D eigenvalue weighted by molar-refractivity contribution is -0.119. The number of carbonyl (C=O) groups excluding carboxylic acids is 2. The van der Waals surface area contributed by atoms with E-state index in [1.807, 2.05) is 49.6 Å². The number of allylic oxidation sites excluding steroid dienone is 1. The van der Waals surface area contributed by atoms with Gasteiger partial charge in [-0.15, -0.1) is 16.8 Å². The fraction of sp³-hybridized carbons (Fsp3) is 0.400. The van der Waals surface area contributed by atoms with Crippen molar-refractivity contribution >= 4 is 23.7 Å². The van der Waals surface area contributed by atoms with Crippen molar-refractivity contribution in [2.24, 2.45) is 0 Å². The molecule has 2 rings (SSSR count). The maximum absolute atomic E-state index is 12.4. The lowest BCUT2D eigenvalue weighted by atomic mass is 10.1. The van der Waals surface area contributed by atoms with Crippen LogP contribution in [0.3, 0.4) is 0 Å². The van der Waals surface area contributed by atoms with E-state index >= 15 is 0 Å². The van der Waals surface area contributed by atoms with Gasteiger partial charge in [0.25, 0.3) is 0 Å². The fourth-order valence-corrected chi connectivity index (χ4v) is 3.35. The number of imide groups is 1. The van der Waals surface area contributed by atoms with Gasteiger partial charge in [-0.05, 0) is 39.8 Å². The number of amides is 3. The van der Waals surface area contributed by atoms with Gasteiger partial charge in [-0.3, -0.25) is 14.7 Å². The highest BCUT2D eigenvalue weighted by Gasteiger charge is 2.24. The van der Waals surface area contributed by atoms with Crippen LogP contribution < -0.4 is 15.4 Å². The smallest absolute Gasteiger partial charge is 0.321 e. The summed E-state index contributed by atoms with van der Waals surface area (Å²) in [4.78, 5) is 24.3. The summed E-state index contributed by atoms with van der Waals surface area (Å²) in [5.74, 6) is 0.873. The fourth-order valence-electron chi connectivity index (χ4n) is 2.50. The third-order valence-corrected chi connectivity index (χ3v) is 4.83. The van der Waals surface area contributed by atoms with E-state index in [1.165, 1.54) is 11.8 Å². The molecule has 8 nitrogen and oxygen atoms in total. The van der Waals surface area contributed by atoms with Crippen LogP contribution in [-0.2, 0) is 11.3 Å². The van der Waals surface area contributed by atoms with Crippen molar-refractivity contribution in [1.29, 1.82) is 0 Å². The standard InChI is InChI=1S/C20H27N5O3S/c1-7-12-25-16(14-10-8-9-11-15(14)28-6)23-24-19(25)29-13(2)17(26)21-18(27)22-20(3,4)5/h7-11,13H,1,12H2,2-6H3,(H2,21,22,26,27)/t13-/m0/s1. The molecule has 0 aliphatic rings. The molecule has 3 amide bonds. The zero-order valence-corrected chi connectivity index (χ0v) is 18.2. The summed E-state index contributed by atoms with van der Waals surface area (Å²) in [6.07, 6.45) is 1.73. The summed E-state index contributed by atoms with van der Waals surface area (Å²) >= 11 is 1.22. The van der Waals surface area contributed by atoms with Gasteiger partial charge in [-0.1, -0.05) is 30.0 Å². The highest BCUT2D eigenvalue weighted by atomic mass is 32.2.